The molecule has 1 aromatic carbocycles. The van der Waals surface area contributed by atoms with Gasteiger partial charge in [0.2, 0.25) is 0 Å². The van der Waals surface area contributed by atoms with E-state index in [1.807, 2.05) is 12.1 Å². The third-order valence-electron chi connectivity index (χ3n) is 3.55. The molecule has 0 aliphatic carbocycles. The SMILES string of the molecule is CCC(NCC1CCCCS1)c1ccc(F)cc1. The van der Waals surface area contributed by atoms with Gasteiger partial charge in [-0.2, -0.15) is 11.8 Å². The lowest BCUT2D eigenvalue weighted by Gasteiger charge is -2.25. The summed E-state index contributed by atoms with van der Waals surface area (Å²) in [6.07, 6.45) is 5.11. The highest BCUT2D eigenvalue weighted by Gasteiger charge is 2.16. The Kier molecular flexibility index (Phi) is 5.51. The van der Waals surface area contributed by atoms with Crippen molar-refractivity contribution in [2.45, 2.75) is 43.9 Å². The van der Waals surface area contributed by atoms with Gasteiger partial charge in [0.25, 0.3) is 0 Å². The third-order valence-corrected chi connectivity index (χ3v) is 4.94. The number of benzene rings is 1. The predicted octanol–water partition coefficient (Wildman–Crippen LogP) is 4.15. The second-order valence-electron chi connectivity index (χ2n) is 4.91. The Morgan fingerprint density at radius 3 is 2.72 bits per heavy atom. The first-order valence-corrected chi connectivity index (χ1v) is 7.95. The second-order valence-corrected chi connectivity index (χ2v) is 6.32. The summed E-state index contributed by atoms with van der Waals surface area (Å²) in [5.74, 6) is 1.15. The number of rotatable bonds is 5. The fourth-order valence-electron chi connectivity index (χ4n) is 2.44. The van der Waals surface area contributed by atoms with E-state index >= 15 is 0 Å². The van der Waals surface area contributed by atoms with Crippen molar-refractivity contribution in [3.8, 4) is 0 Å². The average molecular weight is 267 g/mol. The van der Waals surface area contributed by atoms with Crippen LogP contribution in [0.25, 0.3) is 0 Å². The van der Waals surface area contributed by atoms with Crippen LogP contribution in [-0.4, -0.2) is 17.5 Å². The molecule has 0 amide bonds. The monoisotopic (exact) mass is 267 g/mol. The van der Waals surface area contributed by atoms with Crippen LogP contribution in [0, 0.1) is 5.82 Å². The zero-order chi connectivity index (χ0) is 12.8. The maximum absolute atomic E-state index is 12.9. The van der Waals surface area contributed by atoms with Gasteiger partial charge in [0.1, 0.15) is 5.82 Å². The molecule has 2 rings (SSSR count). The Hall–Kier alpha value is -0.540. The van der Waals surface area contributed by atoms with Gasteiger partial charge in [-0.15, -0.1) is 0 Å². The van der Waals surface area contributed by atoms with Crippen molar-refractivity contribution in [2.24, 2.45) is 0 Å². The molecular weight excluding hydrogens is 245 g/mol. The molecule has 100 valence electrons. The molecule has 1 aliphatic heterocycles. The molecule has 3 heteroatoms. The molecule has 0 radical (unpaired) electrons. The van der Waals surface area contributed by atoms with Crippen LogP contribution in [0.5, 0.6) is 0 Å². The van der Waals surface area contributed by atoms with E-state index in [1.165, 1.54) is 30.6 Å². The molecular formula is C15H22FNS. The first kappa shape index (κ1) is 13.9. The van der Waals surface area contributed by atoms with Crippen molar-refractivity contribution in [1.82, 2.24) is 5.32 Å². The fraction of sp³-hybridized carbons (Fsp3) is 0.600. The first-order chi connectivity index (χ1) is 8.79. The maximum atomic E-state index is 12.9. The van der Waals surface area contributed by atoms with E-state index in [1.54, 1.807) is 12.1 Å². The number of hydrogen-bond donors (Lipinski definition) is 1. The summed E-state index contributed by atoms with van der Waals surface area (Å²) in [5.41, 5.74) is 1.19. The molecule has 18 heavy (non-hydrogen) atoms. The number of hydrogen-bond acceptors (Lipinski definition) is 2. The fourth-order valence-corrected chi connectivity index (χ4v) is 3.69. The smallest absolute Gasteiger partial charge is 0.123 e. The first-order valence-electron chi connectivity index (χ1n) is 6.90. The van der Waals surface area contributed by atoms with Crippen LogP contribution in [0.15, 0.2) is 24.3 Å². The third kappa shape index (κ3) is 3.99. The summed E-state index contributed by atoms with van der Waals surface area (Å²) >= 11 is 2.09. The van der Waals surface area contributed by atoms with Crippen molar-refractivity contribution in [3.05, 3.63) is 35.6 Å². The standard InChI is InChI=1S/C15H22FNS/c1-2-15(12-6-8-13(16)9-7-12)17-11-14-5-3-4-10-18-14/h6-9,14-15,17H,2-5,10-11H2,1H3. The Morgan fingerprint density at radius 2 is 2.11 bits per heavy atom. The summed E-state index contributed by atoms with van der Waals surface area (Å²) in [4.78, 5) is 0. The van der Waals surface area contributed by atoms with Crippen molar-refractivity contribution < 1.29 is 4.39 Å². The highest BCUT2D eigenvalue weighted by molar-refractivity contribution is 7.99. The molecule has 0 saturated carbocycles. The molecule has 1 saturated heterocycles. The van der Waals surface area contributed by atoms with Crippen LogP contribution >= 0.6 is 11.8 Å². The van der Waals surface area contributed by atoms with Crippen LogP contribution in [0.3, 0.4) is 0 Å². The van der Waals surface area contributed by atoms with E-state index in [-0.39, 0.29) is 5.82 Å². The molecule has 1 nitrogen and oxygen atoms in total. The van der Waals surface area contributed by atoms with Crippen molar-refractivity contribution in [1.29, 1.82) is 0 Å². The highest BCUT2D eigenvalue weighted by atomic mass is 32.2. The molecule has 2 atom stereocenters. The minimum absolute atomic E-state index is 0.156. The zero-order valence-electron chi connectivity index (χ0n) is 11.0. The number of thioether (sulfide) groups is 1. The molecule has 2 unspecified atom stereocenters. The van der Waals surface area contributed by atoms with Crippen LogP contribution < -0.4 is 5.32 Å². The predicted molar refractivity (Wildman–Crippen MR) is 77.5 cm³/mol. The molecule has 1 fully saturated rings. The summed E-state index contributed by atoms with van der Waals surface area (Å²) < 4.78 is 12.9. The molecule has 1 aromatic rings. The van der Waals surface area contributed by atoms with Gasteiger partial charge in [-0.1, -0.05) is 25.5 Å². The Bertz CT molecular complexity index is 346. The van der Waals surface area contributed by atoms with E-state index in [4.69, 9.17) is 0 Å². The molecule has 0 spiro atoms. The van der Waals surface area contributed by atoms with Crippen molar-refractivity contribution in [2.75, 3.05) is 12.3 Å². The minimum Gasteiger partial charge on any atom is -0.309 e. The van der Waals surface area contributed by atoms with Crippen molar-refractivity contribution in [3.63, 3.8) is 0 Å². The highest BCUT2D eigenvalue weighted by Crippen LogP contribution is 2.25. The van der Waals surface area contributed by atoms with E-state index in [0.29, 0.717) is 6.04 Å². The zero-order valence-corrected chi connectivity index (χ0v) is 11.8. The summed E-state index contributed by atoms with van der Waals surface area (Å²) in [5, 5.41) is 4.39. The molecule has 1 N–H and O–H groups in total. The van der Waals surface area contributed by atoms with Crippen LogP contribution in [-0.2, 0) is 0 Å². The molecule has 0 aromatic heterocycles. The summed E-state index contributed by atoms with van der Waals surface area (Å²) in [6.45, 7) is 3.25. The largest absolute Gasteiger partial charge is 0.309 e. The summed E-state index contributed by atoms with van der Waals surface area (Å²) in [6, 6.07) is 7.24. The molecule has 1 aliphatic rings. The lowest BCUT2D eigenvalue weighted by atomic mass is 10.0. The Labute approximate surface area is 114 Å². The van der Waals surface area contributed by atoms with E-state index in [9.17, 15) is 4.39 Å². The van der Waals surface area contributed by atoms with Gasteiger partial charge in [0, 0.05) is 17.8 Å². The Balaban J connectivity index is 1.86. The number of halogens is 1. The topological polar surface area (TPSA) is 12.0 Å². The lowest BCUT2D eigenvalue weighted by molar-refractivity contribution is 0.499. The molecule has 1 heterocycles. The lowest BCUT2D eigenvalue weighted by Crippen LogP contribution is -2.30. The van der Waals surface area contributed by atoms with Gasteiger partial charge in [0.05, 0.1) is 0 Å². The van der Waals surface area contributed by atoms with Gasteiger partial charge in [-0.3, -0.25) is 0 Å². The summed E-state index contributed by atoms with van der Waals surface area (Å²) in [7, 11) is 0. The quantitative estimate of drug-likeness (QED) is 0.860. The van der Waals surface area contributed by atoms with Crippen molar-refractivity contribution >= 4 is 11.8 Å². The van der Waals surface area contributed by atoms with E-state index in [2.05, 4.69) is 24.0 Å². The van der Waals surface area contributed by atoms with Gasteiger partial charge >= 0.3 is 0 Å². The molecule has 0 bridgehead atoms. The minimum atomic E-state index is -0.156. The van der Waals surface area contributed by atoms with E-state index < -0.39 is 0 Å². The maximum Gasteiger partial charge on any atom is 0.123 e. The van der Waals surface area contributed by atoms with E-state index in [0.717, 1.165) is 18.2 Å². The van der Waals surface area contributed by atoms with Gasteiger partial charge in [0.15, 0.2) is 0 Å². The van der Waals surface area contributed by atoms with Gasteiger partial charge in [-0.05, 0) is 42.7 Å². The number of nitrogens with one attached hydrogen (secondary N) is 1. The van der Waals surface area contributed by atoms with Crippen LogP contribution in [0.4, 0.5) is 4.39 Å². The van der Waals surface area contributed by atoms with Crippen LogP contribution in [0.2, 0.25) is 0 Å². The second kappa shape index (κ2) is 7.15. The Morgan fingerprint density at radius 1 is 1.33 bits per heavy atom. The van der Waals surface area contributed by atoms with Gasteiger partial charge in [-0.25, -0.2) is 4.39 Å². The van der Waals surface area contributed by atoms with Gasteiger partial charge < -0.3 is 5.32 Å². The average Bonchev–Trinajstić information content (AvgIpc) is 2.42. The van der Waals surface area contributed by atoms with Crippen LogP contribution in [0.1, 0.15) is 44.2 Å². The normalized spacial score (nSPS) is 21.8.